The molecule has 2 N–H and O–H groups in total. The number of nitrogens with one attached hydrogen (secondary N) is 1. The molecule has 0 fully saturated rings. The minimum absolute atomic E-state index is 0.269. The highest BCUT2D eigenvalue weighted by molar-refractivity contribution is 6.30. The van der Waals surface area contributed by atoms with Gasteiger partial charge in [-0.2, -0.15) is 0 Å². The van der Waals surface area contributed by atoms with E-state index in [-0.39, 0.29) is 12.2 Å². The van der Waals surface area contributed by atoms with Gasteiger partial charge in [-0.25, -0.2) is 4.39 Å². The van der Waals surface area contributed by atoms with Gasteiger partial charge < -0.3 is 10.4 Å². The van der Waals surface area contributed by atoms with Crippen molar-refractivity contribution in [3.05, 3.63) is 34.6 Å². The predicted octanol–water partition coefficient (Wildman–Crippen LogP) is 2.77. The number of hydrogen-bond donors (Lipinski definition) is 2. The highest BCUT2D eigenvalue weighted by Gasteiger charge is 2.22. The maximum atomic E-state index is 13.5. The minimum Gasteiger partial charge on any atom is -0.390 e. The van der Waals surface area contributed by atoms with Crippen molar-refractivity contribution >= 4 is 11.6 Å². The van der Waals surface area contributed by atoms with Crippen molar-refractivity contribution in [3.8, 4) is 0 Å². The third kappa shape index (κ3) is 5.02. The molecule has 0 spiro atoms. The average Bonchev–Trinajstić information content (AvgIpc) is 2.23. The van der Waals surface area contributed by atoms with Crippen LogP contribution < -0.4 is 5.32 Å². The van der Waals surface area contributed by atoms with Crippen LogP contribution in [0.25, 0.3) is 0 Å². The Hall–Kier alpha value is -0.640. The lowest BCUT2D eigenvalue weighted by atomic mass is 9.93. The van der Waals surface area contributed by atoms with Gasteiger partial charge in [-0.15, -0.1) is 0 Å². The second-order valence-electron chi connectivity index (χ2n) is 4.51. The summed E-state index contributed by atoms with van der Waals surface area (Å²) >= 11 is 5.81. The molecule has 1 unspecified atom stereocenters. The first-order valence-electron chi connectivity index (χ1n) is 5.81. The van der Waals surface area contributed by atoms with Gasteiger partial charge in [-0.05, 0) is 50.2 Å². The Morgan fingerprint density at radius 3 is 2.82 bits per heavy atom. The summed E-state index contributed by atoms with van der Waals surface area (Å²) in [5.74, 6) is -0.321. The Morgan fingerprint density at radius 1 is 1.47 bits per heavy atom. The van der Waals surface area contributed by atoms with Gasteiger partial charge in [-0.1, -0.05) is 18.5 Å². The zero-order valence-corrected chi connectivity index (χ0v) is 11.0. The van der Waals surface area contributed by atoms with Gasteiger partial charge in [0.15, 0.2) is 0 Å². The van der Waals surface area contributed by atoms with E-state index in [1.807, 2.05) is 6.92 Å². The molecule has 0 bridgehead atoms. The van der Waals surface area contributed by atoms with Crippen molar-refractivity contribution in [2.24, 2.45) is 0 Å². The number of benzene rings is 1. The van der Waals surface area contributed by atoms with Crippen molar-refractivity contribution in [3.63, 3.8) is 0 Å². The quantitative estimate of drug-likeness (QED) is 0.770. The van der Waals surface area contributed by atoms with Crippen molar-refractivity contribution in [1.82, 2.24) is 5.32 Å². The first-order chi connectivity index (χ1) is 7.94. The second-order valence-corrected chi connectivity index (χ2v) is 4.95. The lowest BCUT2D eigenvalue weighted by Gasteiger charge is -2.23. The van der Waals surface area contributed by atoms with Crippen LogP contribution in [0.15, 0.2) is 18.2 Å². The van der Waals surface area contributed by atoms with E-state index in [1.54, 1.807) is 13.0 Å². The fourth-order valence-electron chi connectivity index (χ4n) is 1.71. The lowest BCUT2D eigenvalue weighted by Crippen LogP contribution is -2.32. The number of rotatable bonds is 6. The Morgan fingerprint density at radius 2 is 2.18 bits per heavy atom. The summed E-state index contributed by atoms with van der Waals surface area (Å²) in [4.78, 5) is 0. The summed E-state index contributed by atoms with van der Waals surface area (Å²) in [6.45, 7) is 5.29. The summed E-state index contributed by atoms with van der Waals surface area (Å²) in [6, 6.07) is 4.41. The fraction of sp³-hybridized carbons (Fsp3) is 0.538. The van der Waals surface area contributed by atoms with Crippen LogP contribution in [0.1, 0.15) is 25.8 Å². The lowest BCUT2D eigenvalue weighted by molar-refractivity contribution is 0.0508. The third-order valence-electron chi connectivity index (χ3n) is 2.67. The van der Waals surface area contributed by atoms with Gasteiger partial charge in [0.2, 0.25) is 0 Å². The molecule has 0 aliphatic rings. The molecule has 0 radical (unpaired) electrons. The van der Waals surface area contributed by atoms with Crippen molar-refractivity contribution in [2.75, 3.05) is 13.1 Å². The van der Waals surface area contributed by atoms with Crippen LogP contribution in [-0.4, -0.2) is 23.8 Å². The standard InChI is InChI=1S/C13H19ClFNO/c1-3-16-7-6-13(2,17)9-10-8-11(14)4-5-12(10)15/h4-5,8,16-17H,3,6-7,9H2,1-2H3. The Labute approximate surface area is 107 Å². The number of hydrogen-bond acceptors (Lipinski definition) is 2. The van der Waals surface area contributed by atoms with Crippen molar-refractivity contribution in [2.45, 2.75) is 32.3 Å². The zero-order valence-electron chi connectivity index (χ0n) is 10.3. The summed E-state index contributed by atoms with van der Waals surface area (Å²) in [6.07, 6.45) is 0.845. The van der Waals surface area contributed by atoms with Crippen LogP contribution in [-0.2, 0) is 6.42 Å². The maximum absolute atomic E-state index is 13.5. The highest BCUT2D eigenvalue weighted by atomic mass is 35.5. The largest absolute Gasteiger partial charge is 0.390 e. The molecular formula is C13H19ClFNO. The smallest absolute Gasteiger partial charge is 0.126 e. The summed E-state index contributed by atoms with van der Waals surface area (Å²) < 4.78 is 13.5. The number of aliphatic hydroxyl groups is 1. The Kier molecular flexibility index (Phi) is 5.37. The van der Waals surface area contributed by atoms with E-state index in [4.69, 9.17) is 11.6 Å². The van der Waals surface area contributed by atoms with E-state index in [9.17, 15) is 9.50 Å². The van der Waals surface area contributed by atoms with E-state index in [0.717, 1.165) is 6.54 Å². The summed E-state index contributed by atoms with van der Waals surface area (Å²) in [7, 11) is 0. The van der Waals surface area contributed by atoms with Crippen LogP contribution in [0.3, 0.4) is 0 Å². The maximum Gasteiger partial charge on any atom is 0.126 e. The predicted molar refractivity (Wildman–Crippen MR) is 68.9 cm³/mol. The van der Waals surface area contributed by atoms with Gasteiger partial charge in [-0.3, -0.25) is 0 Å². The van der Waals surface area contributed by atoms with Crippen LogP contribution in [0, 0.1) is 5.82 Å². The first-order valence-corrected chi connectivity index (χ1v) is 6.19. The summed E-state index contributed by atoms with van der Waals surface area (Å²) in [5.41, 5.74) is -0.466. The van der Waals surface area contributed by atoms with E-state index >= 15 is 0 Å². The molecule has 0 heterocycles. The molecule has 2 nitrogen and oxygen atoms in total. The Balaban J connectivity index is 2.65. The van der Waals surface area contributed by atoms with Crippen LogP contribution in [0.4, 0.5) is 4.39 Å². The van der Waals surface area contributed by atoms with Gasteiger partial charge in [0.25, 0.3) is 0 Å². The van der Waals surface area contributed by atoms with Gasteiger partial charge >= 0.3 is 0 Å². The molecule has 0 aliphatic carbocycles. The normalized spacial score (nSPS) is 14.6. The minimum atomic E-state index is -0.923. The van der Waals surface area contributed by atoms with E-state index in [0.29, 0.717) is 23.6 Å². The number of halogens is 2. The zero-order chi connectivity index (χ0) is 12.9. The third-order valence-corrected chi connectivity index (χ3v) is 2.90. The van der Waals surface area contributed by atoms with Crippen molar-refractivity contribution in [1.29, 1.82) is 0 Å². The monoisotopic (exact) mass is 259 g/mol. The molecular weight excluding hydrogens is 241 g/mol. The summed E-state index contributed by atoms with van der Waals surface area (Å²) in [5, 5.41) is 13.8. The molecule has 0 saturated carbocycles. The van der Waals surface area contributed by atoms with E-state index in [1.165, 1.54) is 12.1 Å². The highest BCUT2D eigenvalue weighted by Crippen LogP contribution is 2.21. The molecule has 0 aromatic heterocycles. The van der Waals surface area contributed by atoms with Crippen LogP contribution in [0.5, 0.6) is 0 Å². The van der Waals surface area contributed by atoms with Crippen LogP contribution >= 0.6 is 11.6 Å². The van der Waals surface area contributed by atoms with Gasteiger partial charge in [0.05, 0.1) is 5.60 Å². The van der Waals surface area contributed by atoms with E-state index in [2.05, 4.69) is 5.32 Å². The molecule has 1 aromatic carbocycles. The molecule has 4 heteroatoms. The topological polar surface area (TPSA) is 32.3 Å². The fourth-order valence-corrected chi connectivity index (χ4v) is 1.91. The second kappa shape index (κ2) is 6.34. The SMILES string of the molecule is CCNCCC(C)(O)Cc1cc(Cl)ccc1F. The van der Waals surface area contributed by atoms with E-state index < -0.39 is 5.60 Å². The average molecular weight is 260 g/mol. The molecule has 0 aliphatic heterocycles. The first kappa shape index (κ1) is 14.4. The molecule has 1 rings (SSSR count). The molecule has 17 heavy (non-hydrogen) atoms. The van der Waals surface area contributed by atoms with Crippen LogP contribution in [0.2, 0.25) is 5.02 Å². The van der Waals surface area contributed by atoms with Crippen molar-refractivity contribution < 1.29 is 9.50 Å². The Bertz CT molecular complexity index is 368. The van der Waals surface area contributed by atoms with Gasteiger partial charge in [0.1, 0.15) is 5.82 Å². The molecule has 0 saturated heterocycles. The molecule has 96 valence electrons. The molecule has 0 amide bonds. The molecule has 1 aromatic rings. The van der Waals surface area contributed by atoms with Gasteiger partial charge in [0, 0.05) is 11.4 Å². The molecule has 1 atom stereocenters.